The second kappa shape index (κ2) is 5.87. The van der Waals surface area contributed by atoms with Gasteiger partial charge in [-0.2, -0.15) is 0 Å². The van der Waals surface area contributed by atoms with Crippen molar-refractivity contribution in [1.82, 2.24) is 4.72 Å². The number of nitrogens with one attached hydrogen (secondary N) is 1. The fourth-order valence-corrected chi connectivity index (χ4v) is 3.58. The van der Waals surface area contributed by atoms with Crippen LogP contribution in [0.5, 0.6) is 0 Å². The first kappa shape index (κ1) is 14.9. The number of aryl methyl sites for hydroxylation is 1. The lowest BCUT2D eigenvalue weighted by Gasteiger charge is -2.08. The Bertz CT molecular complexity index is 728. The Morgan fingerprint density at radius 3 is 2.40 bits per heavy atom. The summed E-state index contributed by atoms with van der Waals surface area (Å²) in [6, 6.07) is 13.1. The van der Waals surface area contributed by atoms with Gasteiger partial charge in [0.05, 0.1) is 5.69 Å². The first-order valence-electron chi connectivity index (χ1n) is 6.00. The number of nitrogen functional groups attached to an aromatic ring is 1. The van der Waals surface area contributed by atoms with Gasteiger partial charge in [0, 0.05) is 9.79 Å². The zero-order chi connectivity index (χ0) is 14.8. The van der Waals surface area contributed by atoms with E-state index in [1.807, 2.05) is 25.1 Å². The molecule has 0 aliphatic heterocycles. The van der Waals surface area contributed by atoms with Gasteiger partial charge in [-0.3, -0.25) is 0 Å². The molecule has 2 aromatic carbocycles. The van der Waals surface area contributed by atoms with Gasteiger partial charge in [-0.25, -0.2) is 13.1 Å². The van der Waals surface area contributed by atoms with Crippen molar-refractivity contribution in [1.29, 1.82) is 0 Å². The Morgan fingerprint density at radius 2 is 1.80 bits per heavy atom. The smallest absolute Gasteiger partial charge is 0.242 e. The van der Waals surface area contributed by atoms with Gasteiger partial charge in [0.1, 0.15) is 4.90 Å². The molecule has 0 fully saturated rings. The largest absolute Gasteiger partial charge is 0.398 e. The van der Waals surface area contributed by atoms with Gasteiger partial charge in [-0.05, 0) is 44.3 Å². The maximum Gasteiger partial charge on any atom is 0.242 e. The van der Waals surface area contributed by atoms with E-state index < -0.39 is 10.0 Å². The van der Waals surface area contributed by atoms with Crippen molar-refractivity contribution >= 4 is 27.5 Å². The summed E-state index contributed by atoms with van der Waals surface area (Å²) in [5.41, 5.74) is 7.26. The predicted octanol–water partition coefficient (Wildman–Crippen LogP) is 2.64. The predicted molar refractivity (Wildman–Crippen MR) is 82.4 cm³/mol. The molecule has 0 aliphatic rings. The van der Waals surface area contributed by atoms with Crippen LogP contribution < -0.4 is 10.5 Å². The Kier molecular flexibility index (Phi) is 4.37. The molecule has 0 atom stereocenters. The van der Waals surface area contributed by atoms with Gasteiger partial charge >= 0.3 is 0 Å². The van der Waals surface area contributed by atoms with Crippen molar-refractivity contribution in [2.24, 2.45) is 0 Å². The quantitative estimate of drug-likeness (QED) is 0.852. The van der Waals surface area contributed by atoms with Crippen molar-refractivity contribution in [3.05, 3.63) is 48.0 Å². The minimum Gasteiger partial charge on any atom is -0.398 e. The summed E-state index contributed by atoms with van der Waals surface area (Å²) in [4.78, 5) is 2.10. The number of nitrogens with two attached hydrogens (primary N) is 1. The minimum atomic E-state index is -3.51. The summed E-state index contributed by atoms with van der Waals surface area (Å²) in [7, 11) is -2.14. The highest BCUT2D eigenvalue weighted by Crippen LogP contribution is 2.31. The highest BCUT2D eigenvalue weighted by molar-refractivity contribution is 7.99. The fourth-order valence-electron chi connectivity index (χ4n) is 1.76. The van der Waals surface area contributed by atoms with Gasteiger partial charge in [0.2, 0.25) is 10.0 Å². The molecule has 0 saturated carbocycles. The molecule has 2 rings (SSSR count). The number of anilines is 1. The highest BCUT2D eigenvalue weighted by atomic mass is 32.2. The van der Waals surface area contributed by atoms with Crippen LogP contribution in [0.4, 0.5) is 5.69 Å². The lowest BCUT2D eigenvalue weighted by Crippen LogP contribution is -2.19. The van der Waals surface area contributed by atoms with E-state index in [2.05, 4.69) is 10.8 Å². The first-order chi connectivity index (χ1) is 9.42. The molecule has 0 heterocycles. The van der Waals surface area contributed by atoms with Crippen molar-refractivity contribution in [2.45, 2.75) is 21.6 Å². The van der Waals surface area contributed by atoms with Crippen LogP contribution in [0.25, 0.3) is 0 Å². The molecule has 0 unspecified atom stereocenters. The molecule has 0 saturated heterocycles. The van der Waals surface area contributed by atoms with Crippen LogP contribution in [0.15, 0.2) is 57.2 Å². The van der Waals surface area contributed by atoms with Crippen LogP contribution in [0, 0.1) is 6.92 Å². The van der Waals surface area contributed by atoms with Crippen molar-refractivity contribution in [3.8, 4) is 0 Å². The maximum absolute atomic E-state index is 11.7. The second-order valence-corrected chi connectivity index (χ2v) is 7.33. The van der Waals surface area contributed by atoms with E-state index in [1.165, 1.54) is 18.7 Å². The van der Waals surface area contributed by atoms with Crippen molar-refractivity contribution in [2.75, 3.05) is 12.8 Å². The monoisotopic (exact) mass is 308 g/mol. The minimum absolute atomic E-state index is 0.105. The summed E-state index contributed by atoms with van der Waals surface area (Å²) in [6.45, 7) is 2.03. The molecule has 0 bridgehead atoms. The summed E-state index contributed by atoms with van der Waals surface area (Å²) in [5.74, 6) is 0. The van der Waals surface area contributed by atoms with Crippen LogP contribution in [-0.2, 0) is 10.0 Å². The number of sulfonamides is 1. The van der Waals surface area contributed by atoms with Crippen molar-refractivity contribution in [3.63, 3.8) is 0 Å². The highest BCUT2D eigenvalue weighted by Gasteiger charge is 2.15. The molecule has 0 aliphatic carbocycles. The first-order valence-corrected chi connectivity index (χ1v) is 8.30. The van der Waals surface area contributed by atoms with Gasteiger partial charge in [0.15, 0.2) is 0 Å². The lowest BCUT2D eigenvalue weighted by molar-refractivity contribution is 0.588. The fraction of sp³-hybridized carbons (Fsp3) is 0.143. The maximum atomic E-state index is 11.7. The molecule has 20 heavy (non-hydrogen) atoms. The van der Waals surface area contributed by atoms with Crippen LogP contribution in [0.2, 0.25) is 0 Å². The van der Waals surface area contributed by atoms with E-state index in [9.17, 15) is 8.42 Å². The Morgan fingerprint density at radius 1 is 1.10 bits per heavy atom. The molecule has 3 N–H and O–H groups in total. The average Bonchev–Trinajstić information content (AvgIpc) is 2.38. The zero-order valence-corrected chi connectivity index (χ0v) is 12.9. The molecule has 0 aromatic heterocycles. The molecule has 106 valence electrons. The average molecular weight is 308 g/mol. The number of hydrogen-bond acceptors (Lipinski definition) is 4. The lowest BCUT2D eigenvalue weighted by atomic mass is 10.2. The van der Waals surface area contributed by atoms with Crippen LogP contribution in [0.1, 0.15) is 5.56 Å². The molecular formula is C14H16N2O2S2. The number of rotatable bonds is 4. The summed E-state index contributed by atoms with van der Waals surface area (Å²) >= 11 is 1.55. The molecular weight excluding hydrogens is 292 g/mol. The summed E-state index contributed by atoms with van der Waals surface area (Å²) in [6.07, 6.45) is 0. The van der Waals surface area contributed by atoms with Gasteiger partial charge in [-0.15, -0.1) is 0 Å². The number of benzene rings is 2. The van der Waals surface area contributed by atoms with Gasteiger partial charge in [0.25, 0.3) is 0 Å². The molecule has 4 nitrogen and oxygen atoms in total. The molecule has 0 spiro atoms. The summed E-state index contributed by atoms with van der Waals surface area (Å²) < 4.78 is 25.7. The van der Waals surface area contributed by atoms with E-state index in [0.29, 0.717) is 0 Å². The number of hydrogen-bond donors (Lipinski definition) is 2. The third kappa shape index (κ3) is 3.33. The van der Waals surface area contributed by atoms with Gasteiger partial charge in [-0.1, -0.05) is 29.5 Å². The van der Waals surface area contributed by atoms with E-state index in [4.69, 9.17) is 5.73 Å². The summed E-state index contributed by atoms with van der Waals surface area (Å²) in [5, 5.41) is 0. The topological polar surface area (TPSA) is 72.2 Å². The second-order valence-electron chi connectivity index (χ2n) is 4.33. The molecule has 0 radical (unpaired) electrons. The van der Waals surface area contributed by atoms with E-state index in [1.54, 1.807) is 23.9 Å². The van der Waals surface area contributed by atoms with Crippen LogP contribution >= 0.6 is 11.8 Å². The standard InChI is InChI=1S/C14H16N2O2S2/c1-10-4-3-5-11(8-10)19-12-6-7-14(13(15)9-12)20(17,18)16-2/h3-9,16H,15H2,1-2H3. The van der Waals surface area contributed by atoms with E-state index in [-0.39, 0.29) is 10.6 Å². The van der Waals surface area contributed by atoms with Gasteiger partial charge < -0.3 is 5.73 Å². The molecule has 0 amide bonds. The normalized spacial score (nSPS) is 11.5. The van der Waals surface area contributed by atoms with E-state index >= 15 is 0 Å². The SMILES string of the molecule is CNS(=O)(=O)c1ccc(Sc2cccc(C)c2)cc1N. The third-order valence-electron chi connectivity index (χ3n) is 2.76. The van der Waals surface area contributed by atoms with E-state index in [0.717, 1.165) is 9.79 Å². The molecule has 6 heteroatoms. The van der Waals surface area contributed by atoms with Crippen LogP contribution in [0.3, 0.4) is 0 Å². The molecule has 2 aromatic rings. The van der Waals surface area contributed by atoms with Crippen molar-refractivity contribution < 1.29 is 8.42 Å². The third-order valence-corrected chi connectivity index (χ3v) is 5.23. The Balaban J connectivity index is 2.30. The Hall–Kier alpha value is -1.50. The zero-order valence-electron chi connectivity index (χ0n) is 11.3. The van der Waals surface area contributed by atoms with Crippen LogP contribution in [-0.4, -0.2) is 15.5 Å². The Labute approximate surface area is 123 Å².